The van der Waals surface area contributed by atoms with Crippen LogP contribution in [0.5, 0.6) is 5.75 Å². The lowest BCUT2D eigenvalue weighted by atomic mass is 10.0. The van der Waals surface area contributed by atoms with Crippen LogP contribution in [0.25, 0.3) is 11.4 Å². The van der Waals surface area contributed by atoms with Crippen LogP contribution in [0.3, 0.4) is 0 Å². The minimum Gasteiger partial charge on any atom is -0.478 e. The van der Waals surface area contributed by atoms with Crippen molar-refractivity contribution in [3.63, 3.8) is 0 Å². The second kappa shape index (κ2) is 9.43. The Morgan fingerprint density at radius 2 is 2.15 bits per heavy atom. The number of hydrogen-bond acceptors (Lipinski definition) is 10. The number of hydrogen-bond donors (Lipinski definition) is 0. The van der Waals surface area contributed by atoms with Crippen molar-refractivity contribution in [2.45, 2.75) is 26.4 Å². The first-order chi connectivity index (χ1) is 16.3. The van der Waals surface area contributed by atoms with Gasteiger partial charge in [0.1, 0.15) is 11.9 Å². The molecule has 34 heavy (non-hydrogen) atoms. The standard InChI is InChI=1S/C20H15BrFN7O5/c1-3-13-8-17(34-25-13)20(30)28-18(24-26-27-28)14-5-4-12(22)7-15(14)10(2)33-16-6-11(21)9-23-19(16)29(31)32/h4-10H,3H2,1-2H3. The van der Waals surface area contributed by atoms with Gasteiger partial charge in [-0.1, -0.05) is 12.1 Å². The van der Waals surface area contributed by atoms with Crippen LogP contribution in [-0.2, 0) is 6.42 Å². The van der Waals surface area contributed by atoms with Crippen molar-refractivity contribution in [1.82, 2.24) is 30.3 Å². The summed E-state index contributed by atoms with van der Waals surface area (Å²) in [6, 6.07) is 6.57. The normalized spacial score (nSPS) is 11.9. The zero-order valence-corrected chi connectivity index (χ0v) is 19.3. The Balaban J connectivity index is 1.74. The van der Waals surface area contributed by atoms with Gasteiger partial charge in [-0.05, 0) is 67.8 Å². The van der Waals surface area contributed by atoms with Crippen molar-refractivity contribution in [2.24, 2.45) is 0 Å². The average Bonchev–Trinajstić information content (AvgIpc) is 3.48. The number of ether oxygens (including phenoxy) is 1. The first-order valence-electron chi connectivity index (χ1n) is 9.83. The van der Waals surface area contributed by atoms with Crippen LogP contribution in [0.4, 0.5) is 10.2 Å². The molecule has 0 bridgehead atoms. The number of rotatable bonds is 7. The first-order valence-corrected chi connectivity index (χ1v) is 10.6. The third kappa shape index (κ3) is 4.52. The summed E-state index contributed by atoms with van der Waals surface area (Å²) in [4.78, 5) is 27.3. The molecule has 1 aromatic carbocycles. The molecule has 0 saturated carbocycles. The second-order valence-electron chi connectivity index (χ2n) is 6.98. The van der Waals surface area contributed by atoms with Gasteiger partial charge in [0, 0.05) is 23.3 Å². The number of nitrogens with zero attached hydrogens (tertiary/aromatic N) is 7. The Morgan fingerprint density at radius 3 is 2.85 bits per heavy atom. The van der Waals surface area contributed by atoms with Gasteiger partial charge in [-0.25, -0.2) is 4.39 Å². The molecule has 1 atom stereocenters. The van der Waals surface area contributed by atoms with Crippen molar-refractivity contribution in [3.8, 4) is 17.1 Å². The monoisotopic (exact) mass is 531 g/mol. The Morgan fingerprint density at radius 1 is 1.35 bits per heavy atom. The van der Waals surface area contributed by atoms with E-state index in [4.69, 9.17) is 9.26 Å². The molecule has 174 valence electrons. The van der Waals surface area contributed by atoms with E-state index in [0.29, 0.717) is 16.6 Å². The van der Waals surface area contributed by atoms with Gasteiger partial charge in [-0.3, -0.25) is 4.79 Å². The summed E-state index contributed by atoms with van der Waals surface area (Å²) in [5.41, 5.74) is 1.09. The molecule has 0 aliphatic carbocycles. The summed E-state index contributed by atoms with van der Waals surface area (Å²) in [5, 5.41) is 26.4. The number of carbonyl (C=O) groups excluding carboxylic acids is 1. The van der Waals surface area contributed by atoms with E-state index >= 15 is 0 Å². The molecule has 0 amide bonds. The number of aryl methyl sites for hydroxylation is 1. The van der Waals surface area contributed by atoms with E-state index in [2.05, 4.69) is 41.6 Å². The Bertz CT molecular complexity index is 1390. The predicted octanol–water partition coefficient (Wildman–Crippen LogP) is 3.92. The number of tetrazole rings is 1. The van der Waals surface area contributed by atoms with Crippen molar-refractivity contribution in [1.29, 1.82) is 0 Å². The fraction of sp³-hybridized carbons (Fsp3) is 0.200. The molecule has 4 rings (SSSR count). The van der Waals surface area contributed by atoms with Gasteiger partial charge in [0.2, 0.25) is 11.5 Å². The first kappa shape index (κ1) is 23.1. The summed E-state index contributed by atoms with van der Waals surface area (Å²) in [5.74, 6) is -2.00. The Kier molecular flexibility index (Phi) is 6.40. The average molecular weight is 532 g/mol. The van der Waals surface area contributed by atoms with Gasteiger partial charge in [-0.2, -0.15) is 4.68 Å². The summed E-state index contributed by atoms with van der Waals surface area (Å²) in [7, 11) is 0. The number of carbonyl (C=O) groups is 1. The molecule has 3 heterocycles. The summed E-state index contributed by atoms with van der Waals surface area (Å²) in [6.07, 6.45) is 0.904. The largest absolute Gasteiger partial charge is 0.478 e. The lowest BCUT2D eigenvalue weighted by molar-refractivity contribution is -0.390. The van der Waals surface area contributed by atoms with Gasteiger partial charge in [-0.15, -0.1) is 5.10 Å². The number of aromatic nitrogens is 6. The molecule has 0 saturated heterocycles. The highest BCUT2D eigenvalue weighted by molar-refractivity contribution is 9.10. The van der Waals surface area contributed by atoms with E-state index in [-0.39, 0.29) is 28.5 Å². The maximum absolute atomic E-state index is 14.2. The maximum Gasteiger partial charge on any atom is 0.406 e. The highest BCUT2D eigenvalue weighted by Crippen LogP contribution is 2.35. The van der Waals surface area contributed by atoms with E-state index in [9.17, 15) is 19.3 Å². The van der Waals surface area contributed by atoms with Crippen LogP contribution in [-0.4, -0.2) is 41.2 Å². The smallest absolute Gasteiger partial charge is 0.406 e. The molecule has 12 nitrogen and oxygen atoms in total. The molecular weight excluding hydrogens is 517 g/mol. The molecule has 0 fully saturated rings. The number of nitro groups is 1. The third-order valence-electron chi connectivity index (χ3n) is 4.76. The van der Waals surface area contributed by atoms with Crippen LogP contribution in [0.2, 0.25) is 0 Å². The number of halogens is 2. The second-order valence-corrected chi connectivity index (χ2v) is 7.90. The molecule has 14 heteroatoms. The fourth-order valence-corrected chi connectivity index (χ4v) is 3.45. The molecule has 0 aliphatic rings. The maximum atomic E-state index is 14.2. The molecule has 0 radical (unpaired) electrons. The predicted molar refractivity (Wildman–Crippen MR) is 116 cm³/mol. The zero-order valence-electron chi connectivity index (χ0n) is 17.7. The van der Waals surface area contributed by atoms with Crippen LogP contribution in [0.1, 0.15) is 41.8 Å². The van der Waals surface area contributed by atoms with E-state index in [1.807, 2.05) is 6.92 Å². The summed E-state index contributed by atoms with van der Waals surface area (Å²) in [6.45, 7) is 3.41. The molecule has 0 aliphatic heterocycles. The topological polar surface area (TPSA) is 152 Å². The van der Waals surface area contributed by atoms with Crippen molar-refractivity contribution in [2.75, 3.05) is 0 Å². The van der Waals surface area contributed by atoms with Crippen molar-refractivity contribution < 1.29 is 23.4 Å². The zero-order chi connectivity index (χ0) is 24.4. The van der Waals surface area contributed by atoms with Crippen LogP contribution < -0.4 is 4.74 Å². The molecule has 4 aromatic rings. The van der Waals surface area contributed by atoms with Gasteiger partial charge in [0.15, 0.2) is 12.0 Å². The van der Waals surface area contributed by atoms with Crippen LogP contribution >= 0.6 is 15.9 Å². The summed E-state index contributed by atoms with van der Waals surface area (Å²) >= 11 is 3.20. The fourth-order valence-electron chi connectivity index (χ4n) is 3.14. The van der Waals surface area contributed by atoms with Gasteiger partial charge >= 0.3 is 11.7 Å². The minimum atomic E-state index is -0.919. The quantitative estimate of drug-likeness (QED) is 0.194. The number of benzene rings is 1. The molecule has 0 N–H and O–H groups in total. The molecular formula is C20H15BrFN7O5. The van der Waals surface area contributed by atoms with Crippen LogP contribution in [0.15, 0.2) is 45.5 Å². The van der Waals surface area contributed by atoms with E-state index < -0.39 is 28.6 Å². The lowest BCUT2D eigenvalue weighted by Crippen LogP contribution is -2.16. The van der Waals surface area contributed by atoms with Crippen molar-refractivity contribution in [3.05, 3.63) is 74.0 Å². The molecule has 1 unspecified atom stereocenters. The SMILES string of the molecule is CCc1cc(C(=O)n2nnnc2-c2ccc(F)cc2C(C)Oc2cc(Br)cnc2[N+](=O)[O-])on1. The van der Waals surface area contributed by atoms with Crippen LogP contribution in [0, 0.1) is 15.9 Å². The highest BCUT2D eigenvalue weighted by atomic mass is 79.9. The Hall–Kier alpha value is -4.07. The van der Waals surface area contributed by atoms with E-state index in [1.54, 1.807) is 6.92 Å². The minimum absolute atomic E-state index is 0.00762. The van der Waals surface area contributed by atoms with Gasteiger partial charge in [0.25, 0.3) is 0 Å². The van der Waals surface area contributed by atoms with Crippen molar-refractivity contribution >= 4 is 27.7 Å². The Labute approximate surface area is 199 Å². The number of pyridine rings is 1. The highest BCUT2D eigenvalue weighted by Gasteiger charge is 2.26. The molecule has 3 aromatic heterocycles. The van der Waals surface area contributed by atoms with E-state index in [0.717, 1.165) is 4.68 Å². The van der Waals surface area contributed by atoms with E-state index in [1.165, 1.54) is 36.5 Å². The third-order valence-corrected chi connectivity index (χ3v) is 5.20. The summed E-state index contributed by atoms with van der Waals surface area (Å²) < 4.78 is 26.4. The van der Waals surface area contributed by atoms with Gasteiger partial charge < -0.3 is 19.4 Å². The molecule has 0 spiro atoms. The lowest BCUT2D eigenvalue weighted by Gasteiger charge is -2.18. The van der Waals surface area contributed by atoms with Gasteiger partial charge in [0.05, 0.1) is 10.2 Å².